The maximum Gasteiger partial charge on any atom is 0.270 e. The van der Waals surface area contributed by atoms with Crippen LogP contribution in [0.25, 0.3) is 0 Å². The SMILES string of the molecule is O=C(Nc1nnc(S(=O)(=O)NCc2ccccc2CN2CCOCC2)s1)c1ccc(Cl)cc1. The minimum absolute atomic E-state index is 0.0862. The quantitative estimate of drug-likeness (QED) is 0.451. The molecule has 1 amide bonds. The number of benzene rings is 2. The van der Waals surface area contributed by atoms with E-state index in [0.29, 0.717) is 23.8 Å². The smallest absolute Gasteiger partial charge is 0.270 e. The van der Waals surface area contributed by atoms with Crippen molar-refractivity contribution in [1.29, 1.82) is 0 Å². The van der Waals surface area contributed by atoms with Gasteiger partial charge in [-0.15, -0.1) is 10.2 Å². The number of hydrogen-bond donors (Lipinski definition) is 2. The van der Waals surface area contributed by atoms with E-state index in [1.807, 2.05) is 24.3 Å². The lowest BCUT2D eigenvalue weighted by molar-refractivity contribution is 0.0341. The first-order chi connectivity index (χ1) is 15.9. The Morgan fingerprint density at radius 1 is 1.06 bits per heavy atom. The zero-order valence-electron chi connectivity index (χ0n) is 17.5. The fraction of sp³-hybridized carbons (Fsp3) is 0.286. The number of rotatable bonds is 8. The van der Waals surface area contributed by atoms with Gasteiger partial charge >= 0.3 is 0 Å². The van der Waals surface area contributed by atoms with Crippen molar-refractivity contribution in [3.05, 3.63) is 70.2 Å². The summed E-state index contributed by atoms with van der Waals surface area (Å²) >= 11 is 6.61. The Kier molecular flexibility index (Phi) is 7.68. The number of amides is 1. The fourth-order valence-corrected chi connectivity index (χ4v) is 5.33. The topological polar surface area (TPSA) is 114 Å². The van der Waals surface area contributed by atoms with Gasteiger partial charge in [-0.2, -0.15) is 0 Å². The first kappa shape index (κ1) is 23.7. The molecule has 0 bridgehead atoms. The van der Waals surface area contributed by atoms with E-state index in [2.05, 4.69) is 25.1 Å². The number of morpholine rings is 1. The Morgan fingerprint density at radius 2 is 1.76 bits per heavy atom. The minimum Gasteiger partial charge on any atom is -0.379 e. The maximum absolute atomic E-state index is 12.8. The first-order valence-corrected chi connectivity index (χ1v) is 12.9. The second-order valence-electron chi connectivity index (χ2n) is 7.32. The van der Waals surface area contributed by atoms with Gasteiger partial charge in [0.15, 0.2) is 0 Å². The Bertz CT molecular complexity index is 1210. The van der Waals surface area contributed by atoms with E-state index in [1.54, 1.807) is 24.3 Å². The summed E-state index contributed by atoms with van der Waals surface area (Å²) in [7, 11) is -3.90. The molecule has 9 nitrogen and oxygen atoms in total. The molecule has 1 saturated heterocycles. The minimum atomic E-state index is -3.90. The molecule has 3 aromatic rings. The van der Waals surface area contributed by atoms with E-state index >= 15 is 0 Å². The van der Waals surface area contributed by atoms with Gasteiger partial charge in [0.2, 0.25) is 9.47 Å². The van der Waals surface area contributed by atoms with Crippen molar-refractivity contribution in [1.82, 2.24) is 19.8 Å². The molecule has 174 valence electrons. The molecular weight excluding hydrogens is 486 g/mol. The van der Waals surface area contributed by atoms with Gasteiger partial charge in [0.1, 0.15) is 0 Å². The van der Waals surface area contributed by atoms with E-state index in [4.69, 9.17) is 16.3 Å². The Morgan fingerprint density at radius 3 is 2.48 bits per heavy atom. The van der Waals surface area contributed by atoms with Crippen LogP contribution in [-0.4, -0.2) is 55.7 Å². The van der Waals surface area contributed by atoms with Crippen LogP contribution in [0.15, 0.2) is 52.9 Å². The average molecular weight is 508 g/mol. The van der Waals surface area contributed by atoms with Crippen LogP contribution in [0.2, 0.25) is 5.02 Å². The van der Waals surface area contributed by atoms with Gasteiger partial charge < -0.3 is 4.74 Å². The standard InChI is InChI=1S/C21H22ClN5O4S2/c22-18-7-5-15(6-8-18)19(28)24-20-25-26-21(32-20)33(29,30)23-13-16-3-1-2-4-17(16)14-27-9-11-31-12-10-27/h1-8,23H,9-14H2,(H,24,25,28). The predicted octanol–water partition coefficient (Wildman–Crippen LogP) is 2.75. The van der Waals surface area contributed by atoms with E-state index in [1.165, 1.54) is 0 Å². The van der Waals surface area contributed by atoms with Crippen LogP contribution in [0, 0.1) is 0 Å². The average Bonchev–Trinajstić information content (AvgIpc) is 3.29. The monoisotopic (exact) mass is 507 g/mol. The zero-order chi connectivity index (χ0) is 23.3. The van der Waals surface area contributed by atoms with Gasteiger partial charge in [-0.05, 0) is 35.4 Å². The lowest BCUT2D eigenvalue weighted by Gasteiger charge is -2.27. The Balaban J connectivity index is 1.39. The summed E-state index contributed by atoms with van der Waals surface area (Å²) < 4.78 is 33.3. The highest BCUT2D eigenvalue weighted by atomic mass is 35.5. The molecule has 1 aliphatic heterocycles. The zero-order valence-corrected chi connectivity index (χ0v) is 19.9. The number of carbonyl (C=O) groups is 1. The van der Waals surface area contributed by atoms with Crippen molar-refractivity contribution in [2.24, 2.45) is 0 Å². The fourth-order valence-electron chi connectivity index (χ4n) is 3.26. The van der Waals surface area contributed by atoms with Gasteiger partial charge in [0.25, 0.3) is 15.9 Å². The Labute approximate surface area is 200 Å². The number of ether oxygens (including phenoxy) is 1. The van der Waals surface area contributed by atoms with Gasteiger partial charge in [-0.1, -0.05) is 47.2 Å². The third-order valence-electron chi connectivity index (χ3n) is 5.03. The summed E-state index contributed by atoms with van der Waals surface area (Å²) in [4.78, 5) is 14.6. The summed E-state index contributed by atoms with van der Waals surface area (Å²) in [5.74, 6) is -0.434. The molecule has 1 aromatic heterocycles. The van der Waals surface area contributed by atoms with Crippen molar-refractivity contribution in [2.45, 2.75) is 17.4 Å². The summed E-state index contributed by atoms with van der Waals surface area (Å²) in [5, 5.41) is 10.7. The molecule has 0 aliphatic carbocycles. The summed E-state index contributed by atoms with van der Waals surface area (Å²) in [6.07, 6.45) is 0. The highest BCUT2D eigenvalue weighted by Crippen LogP contribution is 2.22. The predicted molar refractivity (Wildman–Crippen MR) is 126 cm³/mol. The van der Waals surface area contributed by atoms with E-state index in [9.17, 15) is 13.2 Å². The maximum atomic E-state index is 12.8. The summed E-state index contributed by atoms with van der Waals surface area (Å²) in [5.41, 5.74) is 2.30. The molecule has 1 fully saturated rings. The van der Waals surface area contributed by atoms with Crippen LogP contribution in [0.1, 0.15) is 21.5 Å². The van der Waals surface area contributed by atoms with Crippen LogP contribution in [0.5, 0.6) is 0 Å². The van der Waals surface area contributed by atoms with Crippen LogP contribution in [0.3, 0.4) is 0 Å². The molecule has 0 unspecified atom stereocenters. The normalized spacial score (nSPS) is 14.8. The summed E-state index contributed by atoms with van der Waals surface area (Å²) in [6, 6.07) is 14.0. The molecule has 0 atom stereocenters. The molecule has 0 spiro atoms. The Hall–Kier alpha value is -2.41. The van der Waals surface area contributed by atoms with Crippen molar-refractivity contribution in [2.75, 3.05) is 31.6 Å². The molecule has 4 rings (SSSR count). The lowest BCUT2D eigenvalue weighted by Crippen LogP contribution is -2.36. The van der Waals surface area contributed by atoms with E-state index in [-0.39, 0.29) is 16.0 Å². The molecule has 0 radical (unpaired) electrons. The van der Waals surface area contributed by atoms with Gasteiger partial charge in [-0.25, -0.2) is 13.1 Å². The molecule has 12 heteroatoms. The highest BCUT2D eigenvalue weighted by molar-refractivity contribution is 7.91. The number of carbonyl (C=O) groups excluding carboxylic acids is 1. The van der Waals surface area contributed by atoms with Crippen molar-refractivity contribution >= 4 is 44.0 Å². The number of nitrogens with zero attached hydrogens (tertiary/aromatic N) is 3. The van der Waals surface area contributed by atoms with Crippen LogP contribution >= 0.6 is 22.9 Å². The molecular formula is C21H22ClN5O4S2. The van der Waals surface area contributed by atoms with Crippen molar-refractivity contribution in [3.63, 3.8) is 0 Å². The third kappa shape index (κ3) is 6.34. The second-order valence-corrected chi connectivity index (χ2v) is 10.7. The number of aromatic nitrogens is 2. The van der Waals surface area contributed by atoms with Crippen molar-refractivity contribution < 1.29 is 17.9 Å². The molecule has 2 N–H and O–H groups in total. The second kappa shape index (κ2) is 10.7. The molecule has 1 aliphatic rings. The molecule has 33 heavy (non-hydrogen) atoms. The van der Waals surface area contributed by atoms with Crippen LogP contribution < -0.4 is 10.0 Å². The largest absolute Gasteiger partial charge is 0.379 e. The van der Waals surface area contributed by atoms with Gasteiger partial charge in [0, 0.05) is 36.8 Å². The number of hydrogen-bond acceptors (Lipinski definition) is 8. The van der Waals surface area contributed by atoms with Gasteiger partial charge in [0.05, 0.1) is 13.2 Å². The molecule has 0 saturated carbocycles. The lowest BCUT2D eigenvalue weighted by atomic mass is 10.1. The van der Waals surface area contributed by atoms with Crippen LogP contribution in [-0.2, 0) is 27.8 Å². The number of anilines is 1. The first-order valence-electron chi connectivity index (χ1n) is 10.2. The number of nitrogens with one attached hydrogen (secondary N) is 2. The van der Waals surface area contributed by atoms with Crippen molar-refractivity contribution in [3.8, 4) is 0 Å². The third-order valence-corrected chi connectivity index (χ3v) is 7.89. The number of halogens is 1. The number of sulfonamides is 1. The molecule has 2 aromatic carbocycles. The van der Waals surface area contributed by atoms with Gasteiger partial charge in [-0.3, -0.25) is 15.0 Å². The highest BCUT2D eigenvalue weighted by Gasteiger charge is 2.22. The van der Waals surface area contributed by atoms with E-state index in [0.717, 1.165) is 42.1 Å². The van der Waals surface area contributed by atoms with Crippen LogP contribution in [0.4, 0.5) is 5.13 Å². The summed E-state index contributed by atoms with van der Waals surface area (Å²) in [6.45, 7) is 3.92. The van der Waals surface area contributed by atoms with E-state index < -0.39 is 15.9 Å². The molecule has 2 heterocycles.